The molecule has 2 aromatic rings. The van der Waals surface area contributed by atoms with Crippen molar-refractivity contribution in [2.75, 3.05) is 0 Å². The van der Waals surface area contributed by atoms with Crippen molar-refractivity contribution in [1.82, 2.24) is 20.1 Å². The van der Waals surface area contributed by atoms with Gasteiger partial charge in [0.25, 0.3) is 0 Å². The van der Waals surface area contributed by atoms with Gasteiger partial charge < -0.3 is 4.52 Å². The van der Waals surface area contributed by atoms with Gasteiger partial charge in [-0.2, -0.15) is 10.2 Å². The van der Waals surface area contributed by atoms with Crippen LogP contribution in [0, 0.1) is 32.1 Å². The van der Waals surface area contributed by atoms with Crippen LogP contribution in [0.5, 0.6) is 0 Å². The second-order valence-electron chi connectivity index (χ2n) is 4.09. The molecular weight excluding hydrogens is 262 g/mol. The van der Waals surface area contributed by atoms with Gasteiger partial charge in [0.1, 0.15) is 22.5 Å². The summed E-state index contributed by atoms with van der Waals surface area (Å²) in [4.78, 5) is 12.7. The van der Waals surface area contributed by atoms with Crippen molar-refractivity contribution < 1.29 is 4.52 Å². The number of thioether (sulfide) groups is 1. The normalized spacial score (nSPS) is 12.2. The molecular formula is C12H13N5OS. The maximum Gasteiger partial charge on any atom is 0.239 e. The fraction of sp³-hybridized carbons (Fsp3) is 0.417. The van der Waals surface area contributed by atoms with Gasteiger partial charge in [0.15, 0.2) is 5.82 Å². The highest BCUT2D eigenvalue weighted by atomic mass is 32.2. The topological polar surface area (TPSA) is 88.5 Å². The Labute approximate surface area is 115 Å². The molecule has 0 bridgehead atoms. The summed E-state index contributed by atoms with van der Waals surface area (Å²) in [5, 5.41) is 13.5. The third-order valence-electron chi connectivity index (χ3n) is 2.46. The molecule has 0 spiro atoms. The van der Waals surface area contributed by atoms with Crippen LogP contribution in [-0.2, 0) is 0 Å². The van der Waals surface area contributed by atoms with Crippen LogP contribution >= 0.6 is 11.8 Å². The lowest BCUT2D eigenvalue weighted by molar-refractivity contribution is 0.376. The van der Waals surface area contributed by atoms with E-state index in [1.54, 1.807) is 20.8 Å². The third kappa shape index (κ3) is 2.90. The maximum atomic E-state index is 9.18. The van der Waals surface area contributed by atoms with E-state index in [0.29, 0.717) is 33.8 Å². The number of aryl methyl sites for hydroxylation is 3. The molecule has 1 unspecified atom stereocenters. The third-order valence-corrected chi connectivity index (χ3v) is 3.53. The summed E-state index contributed by atoms with van der Waals surface area (Å²) in [6, 6.07) is 2.14. The molecule has 2 rings (SSSR count). The van der Waals surface area contributed by atoms with Crippen molar-refractivity contribution in [1.29, 1.82) is 5.26 Å². The molecule has 6 nitrogen and oxygen atoms in total. The van der Waals surface area contributed by atoms with E-state index in [1.807, 2.05) is 6.92 Å². The number of hydrogen-bond acceptors (Lipinski definition) is 7. The fourth-order valence-corrected chi connectivity index (χ4v) is 2.62. The Hall–Kier alpha value is -1.94. The standard InChI is InChI=1S/C12H13N5OS/c1-6-10(5-13)12(16-8(3)14-6)19-7(2)11-15-9(4)17-18-11/h7H,1-4H3. The highest BCUT2D eigenvalue weighted by Crippen LogP contribution is 2.35. The molecule has 0 amide bonds. The van der Waals surface area contributed by atoms with Gasteiger partial charge in [0, 0.05) is 0 Å². The van der Waals surface area contributed by atoms with Crippen LogP contribution in [0.3, 0.4) is 0 Å². The van der Waals surface area contributed by atoms with Crippen LogP contribution in [0.4, 0.5) is 0 Å². The summed E-state index contributed by atoms with van der Waals surface area (Å²) in [5.74, 6) is 1.77. The van der Waals surface area contributed by atoms with Gasteiger partial charge in [-0.05, 0) is 27.7 Å². The highest BCUT2D eigenvalue weighted by Gasteiger charge is 2.19. The average Bonchev–Trinajstić information content (AvgIpc) is 2.75. The van der Waals surface area contributed by atoms with E-state index >= 15 is 0 Å². The van der Waals surface area contributed by atoms with Gasteiger partial charge in [0.2, 0.25) is 5.89 Å². The summed E-state index contributed by atoms with van der Waals surface area (Å²) in [6.45, 7) is 7.31. The van der Waals surface area contributed by atoms with E-state index in [2.05, 4.69) is 26.2 Å². The Kier molecular flexibility index (Phi) is 3.81. The molecule has 19 heavy (non-hydrogen) atoms. The Morgan fingerprint density at radius 2 is 1.89 bits per heavy atom. The quantitative estimate of drug-likeness (QED) is 0.628. The van der Waals surface area contributed by atoms with Crippen molar-refractivity contribution in [2.24, 2.45) is 0 Å². The molecule has 2 heterocycles. The molecule has 0 fully saturated rings. The Morgan fingerprint density at radius 3 is 2.47 bits per heavy atom. The van der Waals surface area contributed by atoms with E-state index in [4.69, 9.17) is 4.52 Å². The average molecular weight is 275 g/mol. The van der Waals surface area contributed by atoms with Gasteiger partial charge in [-0.15, -0.1) is 0 Å². The van der Waals surface area contributed by atoms with Crippen molar-refractivity contribution in [2.45, 2.75) is 38.0 Å². The van der Waals surface area contributed by atoms with Gasteiger partial charge in [-0.25, -0.2) is 9.97 Å². The second-order valence-corrected chi connectivity index (χ2v) is 5.42. The summed E-state index contributed by atoms with van der Waals surface area (Å²) in [7, 11) is 0. The van der Waals surface area contributed by atoms with Crippen LogP contribution < -0.4 is 0 Å². The Morgan fingerprint density at radius 1 is 1.16 bits per heavy atom. The first-order chi connectivity index (χ1) is 9.01. The first-order valence-electron chi connectivity index (χ1n) is 5.73. The molecule has 1 atom stereocenters. The second kappa shape index (κ2) is 5.36. The molecule has 0 aromatic carbocycles. The predicted molar refractivity (Wildman–Crippen MR) is 69.5 cm³/mol. The Bertz CT molecular complexity index is 646. The van der Waals surface area contributed by atoms with Crippen molar-refractivity contribution in [3.8, 4) is 6.07 Å². The number of nitriles is 1. The lowest BCUT2D eigenvalue weighted by Gasteiger charge is -2.09. The van der Waals surface area contributed by atoms with Crippen LogP contribution in [0.1, 0.15) is 41.0 Å². The molecule has 0 aliphatic carbocycles. The number of nitrogens with zero attached hydrogens (tertiary/aromatic N) is 5. The largest absolute Gasteiger partial charge is 0.338 e. The van der Waals surface area contributed by atoms with Gasteiger partial charge >= 0.3 is 0 Å². The zero-order valence-electron chi connectivity index (χ0n) is 11.1. The van der Waals surface area contributed by atoms with Gasteiger partial charge in [0.05, 0.1) is 10.9 Å². The molecule has 0 aliphatic heterocycles. The molecule has 0 N–H and O–H groups in total. The van der Waals surface area contributed by atoms with Crippen LogP contribution in [0.15, 0.2) is 9.55 Å². The van der Waals surface area contributed by atoms with E-state index in [0.717, 1.165) is 0 Å². The molecule has 0 aliphatic rings. The predicted octanol–water partition coefficient (Wildman–Crippen LogP) is 2.51. The molecule has 0 saturated heterocycles. The van der Waals surface area contributed by atoms with E-state index in [1.165, 1.54) is 11.8 Å². The minimum absolute atomic E-state index is 0.0676. The summed E-state index contributed by atoms with van der Waals surface area (Å²) >= 11 is 1.42. The zero-order chi connectivity index (χ0) is 14.0. The number of aromatic nitrogens is 4. The summed E-state index contributed by atoms with van der Waals surface area (Å²) in [5.41, 5.74) is 1.19. The summed E-state index contributed by atoms with van der Waals surface area (Å²) in [6.07, 6.45) is 0. The molecule has 98 valence electrons. The van der Waals surface area contributed by atoms with Crippen molar-refractivity contribution in [3.05, 3.63) is 28.8 Å². The maximum absolute atomic E-state index is 9.18. The summed E-state index contributed by atoms with van der Waals surface area (Å²) < 4.78 is 5.12. The molecule has 2 aromatic heterocycles. The van der Waals surface area contributed by atoms with Crippen LogP contribution in [0.2, 0.25) is 0 Å². The van der Waals surface area contributed by atoms with E-state index in [9.17, 15) is 5.26 Å². The lowest BCUT2D eigenvalue weighted by atomic mass is 10.3. The minimum Gasteiger partial charge on any atom is -0.338 e. The SMILES string of the molecule is Cc1noc(C(C)Sc2nc(C)nc(C)c2C#N)n1. The molecule has 0 radical (unpaired) electrons. The van der Waals surface area contributed by atoms with Crippen LogP contribution in [0.25, 0.3) is 0 Å². The molecule has 0 saturated carbocycles. The lowest BCUT2D eigenvalue weighted by Crippen LogP contribution is -2.00. The Balaban J connectivity index is 2.31. The first-order valence-corrected chi connectivity index (χ1v) is 6.61. The van der Waals surface area contributed by atoms with Crippen molar-refractivity contribution >= 4 is 11.8 Å². The number of hydrogen-bond donors (Lipinski definition) is 0. The zero-order valence-corrected chi connectivity index (χ0v) is 11.9. The van der Waals surface area contributed by atoms with E-state index in [-0.39, 0.29) is 5.25 Å². The van der Waals surface area contributed by atoms with Crippen LogP contribution in [-0.4, -0.2) is 20.1 Å². The smallest absolute Gasteiger partial charge is 0.239 e. The minimum atomic E-state index is -0.0676. The highest BCUT2D eigenvalue weighted by molar-refractivity contribution is 7.99. The van der Waals surface area contributed by atoms with Gasteiger partial charge in [-0.3, -0.25) is 0 Å². The monoisotopic (exact) mass is 275 g/mol. The van der Waals surface area contributed by atoms with E-state index < -0.39 is 0 Å². The first kappa shape index (κ1) is 13.5. The molecule has 7 heteroatoms. The van der Waals surface area contributed by atoms with Gasteiger partial charge in [-0.1, -0.05) is 16.9 Å². The number of rotatable bonds is 3. The van der Waals surface area contributed by atoms with Crippen molar-refractivity contribution in [3.63, 3.8) is 0 Å². The fourth-order valence-electron chi connectivity index (χ4n) is 1.59.